The lowest BCUT2D eigenvalue weighted by atomic mass is 9.68. The Morgan fingerprint density at radius 2 is 2.00 bits per heavy atom. The molecule has 2 N–H and O–H groups in total. The van der Waals surface area contributed by atoms with E-state index in [1.165, 1.54) is 0 Å². The zero-order valence-electron chi connectivity index (χ0n) is 13.8. The molecule has 0 fully saturated rings. The van der Waals surface area contributed by atoms with Crippen LogP contribution in [0.5, 0.6) is 0 Å². The van der Waals surface area contributed by atoms with Crippen molar-refractivity contribution in [3.8, 4) is 0 Å². The number of allylic oxidation sites excluding steroid dienone is 4. The number of hydrogen-bond acceptors (Lipinski definition) is 2. The first-order valence-electron chi connectivity index (χ1n) is 7.87. The van der Waals surface area contributed by atoms with E-state index in [2.05, 4.69) is 41.9 Å². The van der Waals surface area contributed by atoms with E-state index in [9.17, 15) is 4.79 Å². The molecule has 2 atom stereocenters. The summed E-state index contributed by atoms with van der Waals surface area (Å²) < 4.78 is 0. The summed E-state index contributed by atoms with van der Waals surface area (Å²) in [6.45, 7) is 9.57. The second-order valence-corrected chi connectivity index (χ2v) is 5.13. The highest BCUT2D eigenvalue weighted by Gasteiger charge is 2.35. The van der Waals surface area contributed by atoms with Gasteiger partial charge in [-0.15, -0.1) is 0 Å². The van der Waals surface area contributed by atoms with Gasteiger partial charge in [-0.1, -0.05) is 52.5 Å². The van der Waals surface area contributed by atoms with Crippen LogP contribution in [0.25, 0.3) is 0 Å². The lowest BCUT2D eigenvalue weighted by Crippen LogP contribution is -2.43. The van der Waals surface area contributed by atoms with Crippen molar-refractivity contribution in [3.63, 3.8) is 0 Å². The summed E-state index contributed by atoms with van der Waals surface area (Å²) in [5.41, 5.74) is 0.163. The SMILES string of the molecule is C.CC.CCC(CCNC)(CNC(C)=O)C1C=CC=CC1. The number of carbonyl (C=O) groups is 1. The average molecular weight is 296 g/mol. The van der Waals surface area contributed by atoms with Crippen molar-refractivity contribution in [1.29, 1.82) is 0 Å². The molecular weight excluding hydrogens is 260 g/mol. The van der Waals surface area contributed by atoms with Gasteiger partial charge < -0.3 is 10.6 Å². The maximum Gasteiger partial charge on any atom is 0.216 e. The van der Waals surface area contributed by atoms with E-state index in [0.29, 0.717) is 5.92 Å². The molecule has 2 unspecified atom stereocenters. The summed E-state index contributed by atoms with van der Waals surface area (Å²) in [5, 5.41) is 6.25. The Bertz CT molecular complexity index is 323. The number of carbonyl (C=O) groups excluding carboxylic acids is 1. The van der Waals surface area contributed by atoms with Crippen molar-refractivity contribution in [3.05, 3.63) is 24.3 Å². The van der Waals surface area contributed by atoms with Crippen LogP contribution >= 0.6 is 0 Å². The molecule has 0 aromatic carbocycles. The van der Waals surface area contributed by atoms with Crippen LogP contribution in [0.3, 0.4) is 0 Å². The molecule has 0 aromatic rings. The highest BCUT2D eigenvalue weighted by Crippen LogP contribution is 2.39. The van der Waals surface area contributed by atoms with E-state index >= 15 is 0 Å². The molecule has 0 radical (unpaired) electrons. The molecule has 3 heteroatoms. The van der Waals surface area contributed by atoms with Crippen LogP contribution in [-0.4, -0.2) is 26.0 Å². The fourth-order valence-electron chi connectivity index (χ4n) is 2.68. The van der Waals surface area contributed by atoms with E-state index in [1.54, 1.807) is 6.92 Å². The van der Waals surface area contributed by atoms with Crippen molar-refractivity contribution in [1.82, 2.24) is 10.6 Å². The second kappa shape index (κ2) is 12.6. The maximum absolute atomic E-state index is 11.2. The fourth-order valence-corrected chi connectivity index (χ4v) is 2.68. The Hall–Kier alpha value is -1.09. The van der Waals surface area contributed by atoms with Crippen molar-refractivity contribution in [2.75, 3.05) is 20.1 Å². The van der Waals surface area contributed by atoms with Crippen LogP contribution in [0.15, 0.2) is 24.3 Å². The van der Waals surface area contributed by atoms with E-state index < -0.39 is 0 Å². The van der Waals surface area contributed by atoms with Gasteiger partial charge in [-0.25, -0.2) is 0 Å². The minimum atomic E-state index is 0. The molecule has 0 bridgehead atoms. The summed E-state index contributed by atoms with van der Waals surface area (Å²) in [5.74, 6) is 0.584. The quantitative estimate of drug-likeness (QED) is 0.747. The molecule has 0 heterocycles. The summed E-state index contributed by atoms with van der Waals surface area (Å²) in [6, 6.07) is 0. The van der Waals surface area contributed by atoms with E-state index in [-0.39, 0.29) is 18.7 Å². The summed E-state index contributed by atoms with van der Waals surface area (Å²) in [7, 11) is 1.98. The van der Waals surface area contributed by atoms with Gasteiger partial charge in [0.25, 0.3) is 0 Å². The Morgan fingerprint density at radius 1 is 1.33 bits per heavy atom. The van der Waals surface area contributed by atoms with E-state index in [0.717, 1.165) is 32.4 Å². The van der Waals surface area contributed by atoms with Crippen molar-refractivity contribution >= 4 is 5.91 Å². The van der Waals surface area contributed by atoms with Crippen molar-refractivity contribution in [2.45, 2.75) is 54.4 Å². The molecule has 0 aromatic heterocycles. The van der Waals surface area contributed by atoms with Gasteiger partial charge in [-0.05, 0) is 44.2 Å². The Balaban J connectivity index is 0. The molecule has 124 valence electrons. The highest BCUT2D eigenvalue weighted by atomic mass is 16.1. The van der Waals surface area contributed by atoms with Crippen molar-refractivity contribution in [2.24, 2.45) is 11.3 Å². The first kappa shape index (κ1) is 22.2. The van der Waals surface area contributed by atoms with Gasteiger partial charge in [0.15, 0.2) is 0 Å². The molecule has 21 heavy (non-hydrogen) atoms. The number of amides is 1. The molecule has 1 aliphatic rings. The topological polar surface area (TPSA) is 41.1 Å². The molecule has 3 nitrogen and oxygen atoms in total. The monoisotopic (exact) mass is 296 g/mol. The van der Waals surface area contributed by atoms with Gasteiger partial charge in [-0.2, -0.15) is 0 Å². The number of rotatable bonds is 7. The smallest absolute Gasteiger partial charge is 0.216 e. The van der Waals surface area contributed by atoms with Gasteiger partial charge in [-0.3, -0.25) is 4.79 Å². The zero-order valence-corrected chi connectivity index (χ0v) is 13.8. The molecule has 0 aliphatic heterocycles. The Morgan fingerprint density at radius 3 is 2.43 bits per heavy atom. The molecule has 0 saturated heterocycles. The van der Waals surface area contributed by atoms with Gasteiger partial charge in [0.2, 0.25) is 5.91 Å². The molecule has 0 saturated carbocycles. The highest BCUT2D eigenvalue weighted by molar-refractivity contribution is 5.72. The fraction of sp³-hybridized carbons (Fsp3) is 0.722. The second-order valence-electron chi connectivity index (χ2n) is 5.13. The lowest BCUT2D eigenvalue weighted by Gasteiger charge is -2.39. The summed E-state index contributed by atoms with van der Waals surface area (Å²) in [6.07, 6.45) is 12.0. The van der Waals surface area contributed by atoms with E-state index in [4.69, 9.17) is 0 Å². The van der Waals surface area contributed by atoms with Gasteiger partial charge >= 0.3 is 0 Å². The Labute approximate surface area is 132 Å². The summed E-state index contributed by atoms with van der Waals surface area (Å²) >= 11 is 0. The molecule has 1 rings (SSSR count). The average Bonchev–Trinajstić information content (AvgIpc) is 2.51. The van der Waals surface area contributed by atoms with E-state index in [1.807, 2.05) is 20.9 Å². The van der Waals surface area contributed by atoms with Crippen LogP contribution in [0.4, 0.5) is 0 Å². The first-order chi connectivity index (χ1) is 9.64. The molecule has 0 spiro atoms. The van der Waals surface area contributed by atoms with Gasteiger partial charge in [0, 0.05) is 13.5 Å². The zero-order chi connectivity index (χ0) is 15.4. The predicted octanol–water partition coefficient (Wildman–Crippen LogP) is 3.92. The number of hydrogen-bond donors (Lipinski definition) is 2. The number of nitrogens with one attached hydrogen (secondary N) is 2. The van der Waals surface area contributed by atoms with Gasteiger partial charge in [0.05, 0.1) is 0 Å². The van der Waals surface area contributed by atoms with Crippen LogP contribution in [0.2, 0.25) is 0 Å². The third-order valence-corrected chi connectivity index (χ3v) is 4.03. The third kappa shape index (κ3) is 7.47. The first-order valence-corrected chi connectivity index (χ1v) is 7.87. The van der Waals surface area contributed by atoms with Crippen LogP contribution in [-0.2, 0) is 4.79 Å². The predicted molar refractivity (Wildman–Crippen MR) is 94.4 cm³/mol. The van der Waals surface area contributed by atoms with Crippen molar-refractivity contribution < 1.29 is 4.79 Å². The molecule has 1 aliphatic carbocycles. The molecule has 1 amide bonds. The maximum atomic E-state index is 11.2. The minimum Gasteiger partial charge on any atom is -0.356 e. The van der Waals surface area contributed by atoms with Crippen LogP contribution in [0, 0.1) is 11.3 Å². The standard InChI is InChI=1S/C15H26N2O.C2H6.CH4/c1-4-15(10-11-16-3,12-17-13(2)18)14-8-6-5-7-9-14;1-2;/h5-8,14,16H,4,9-12H2,1-3H3,(H,17,18);1-2H3;1H4. The third-order valence-electron chi connectivity index (χ3n) is 4.03. The Kier molecular flexibility index (Phi) is 13.4. The largest absolute Gasteiger partial charge is 0.356 e. The molecular formula is C18H36N2O. The summed E-state index contributed by atoms with van der Waals surface area (Å²) in [4.78, 5) is 11.2. The van der Waals surface area contributed by atoms with Gasteiger partial charge in [0.1, 0.15) is 0 Å². The van der Waals surface area contributed by atoms with Crippen LogP contribution < -0.4 is 10.6 Å². The minimum absolute atomic E-state index is 0. The normalized spacial score (nSPS) is 18.8. The lowest BCUT2D eigenvalue weighted by molar-refractivity contribution is -0.119. The van der Waals surface area contributed by atoms with Crippen LogP contribution in [0.1, 0.15) is 54.4 Å².